The molecule has 6 aliphatic heterocycles. The standard InChI is InChI=1S/C18H29N3S2.C14H16N2O2S.C12H15NS.C10H8BrNO2.C6H14N2S.C4H9NS.H4N2.H2O.2H2/c1-18(2,3)16-6-4-15(5-7-16)14-20-17(22)19-8-9-21-10-12-23-13-11-21;17-13-11-3-1-2-4-12(11)14(18)16(13)6-5-15-7-9-19-10-8-15;1-12(2,3)11-6-4-10(5-7-11)8-14-9-13;11-5-6-12-9(13)7-3-1-2-4-8(7)10(12)14;7-1-2-8-3-5-9-6-4-8;1-3-6-4-2-5-1;1-2;;;/h4-7H,8-14H2,1-3H3,(H2,19,20,22);1-4H,5-10H2;4-7H,8H2,1-3H3;1-4H,5-6H2;1-7H2;5H,1-4H2;1-2H2;1H2;2*1H. The molecule has 0 aliphatic carbocycles. The first kappa shape index (κ1) is 78.5. The fraction of sp³-hybridized carbons (Fsp3) is 0.531. The molecule has 17 nitrogen and oxygen atoms in total. The third kappa shape index (κ3) is 28.4. The number of halogens is 1. The highest BCUT2D eigenvalue weighted by molar-refractivity contribution is 9.09. The summed E-state index contributed by atoms with van der Waals surface area (Å²) in [6.07, 6.45) is 0. The van der Waals surface area contributed by atoms with E-state index in [1.165, 1.54) is 118 Å². The molecule has 6 heterocycles. The molecule has 10 rings (SSSR count). The van der Waals surface area contributed by atoms with Crippen molar-refractivity contribution in [3.63, 3.8) is 0 Å². The van der Waals surface area contributed by atoms with Crippen LogP contribution in [0.3, 0.4) is 0 Å². The molecular formula is C64H101BrN12O5S6. The summed E-state index contributed by atoms with van der Waals surface area (Å²) in [7, 11) is 0. The average Bonchev–Trinajstić information content (AvgIpc) is 1.87. The molecule has 490 valence electrons. The third-order valence-electron chi connectivity index (χ3n) is 14.4. The van der Waals surface area contributed by atoms with E-state index in [9.17, 15) is 19.2 Å². The van der Waals surface area contributed by atoms with Crippen LogP contribution in [-0.4, -0.2) is 208 Å². The maximum Gasteiger partial charge on any atom is 0.261 e. The number of alkyl halides is 1. The molecule has 88 heavy (non-hydrogen) atoms. The largest absolute Gasteiger partial charge is 0.412 e. The van der Waals surface area contributed by atoms with Gasteiger partial charge in [-0.2, -0.15) is 52.3 Å². The van der Waals surface area contributed by atoms with Crippen LogP contribution in [0.25, 0.3) is 0 Å². The summed E-state index contributed by atoms with van der Waals surface area (Å²) in [6.45, 7) is 29.1. The molecule has 0 atom stereocenters. The van der Waals surface area contributed by atoms with Gasteiger partial charge in [-0.1, -0.05) is 130 Å². The Kier molecular flexibility index (Phi) is 39.2. The van der Waals surface area contributed by atoms with Crippen molar-refractivity contribution in [2.75, 3.05) is 150 Å². The first-order valence-corrected chi connectivity index (χ1v) is 37.0. The lowest BCUT2D eigenvalue weighted by Gasteiger charge is -2.27. The number of rotatable bonds is 14. The van der Waals surface area contributed by atoms with Gasteiger partial charge in [0.25, 0.3) is 23.6 Å². The first-order valence-electron chi connectivity index (χ1n) is 29.8. The number of nitriles is 1. The van der Waals surface area contributed by atoms with E-state index in [-0.39, 0.29) is 42.8 Å². The normalized spacial score (nSPS) is 16.6. The third-order valence-corrected chi connectivity index (χ3v) is 19.5. The van der Waals surface area contributed by atoms with Crippen LogP contribution in [0.4, 0.5) is 0 Å². The predicted molar refractivity (Wildman–Crippen MR) is 389 cm³/mol. The Labute approximate surface area is 563 Å². The molecule has 0 aromatic heterocycles. The number of carbonyl (C=O) groups is 4. The van der Waals surface area contributed by atoms with Crippen molar-refractivity contribution in [2.24, 2.45) is 17.4 Å². The van der Waals surface area contributed by atoms with Crippen molar-refractivity contribution in [1.82, 2.24) is 40.4 Å². The number of thiocarbonyl (C=S) groups is 1. The molecule has 0 spiro atoms. The number of nitrogens with two attached hydrogens (primary N) is 3. The van der Waals surface area contributed by atoms with Gasteiger partial charge in [0, 0.05) is 165 Å². The lowest BCUT2D eigenvalue weighted by molar-refractivity contribution is 0.0631. The van der Waals surface area contributed by atoms with Crippen LogP contribution < -0.4 is 33.4 Å². The fourth-order valence-corrected chi connectivity index (χ4v) is 14.0. The summed E-state index contributed by atoms with van der Waals surface area (Å²) in [6, 6.07) is 31.2. The van der Waals surface area contributed by atoms with E-state index >= 15 is 0 Å². The van der Waals surface area contributed by atoms with Crippen LogP contribution in [0.15, 0.2) is 97.1 Å². The molecule has 6 aliphatic rings. The number of thioether (sulfide) groups is 5. The lowest BCUT2D eigenvalue weighted by atomic mass is 9.87. The number of carbonyl (C=O) groups excluding carboxylic acids is 4. The first-order chi connectivity index (χ1) is 41.9. The Morgan fingerprint density at radius 3 is 1.31 bits per heavy atom. The van der Waals surface area contributed by atoms with Crippen LogP contribution in [0.2, 0.25) is 0 Å². The Balaban J connectivity index is 0.000000553. The van der Waals surface area contributed by atoms with Crippen molar-refractivity contribution in [3.8, 4) is 5.40 Å². The quantitative estimate of drug-likeness (QED) is 0.0173. The molecule has 4 amide bonds. The highest BCUT2D eigenvalue weighted by atomic mass is 79.9. The summed E-state index contributed by atoms with van der Waals surface area (Å²) in [4.78, 5) is 57.6. The second-order valence-electron chi connectivity index (χ2n) is 22.7. The number of benzene rings is 4. The summed E-state index contributed by atoms with van der Waals surface area (Å²) in [5.41, 5.74) is 13.1. The predicted octanol–water partition coefficient (Wildman–Crippen LogP) is 8.51. The zero-order chi connectivity index (χ0) is 63.5. The van der Waals surface area contributed by atoms with E-state index in [1.54, 1.807) is 48.5 Å². The van der Waals surface area contributed by atoms with E-state index in [2.05, 4.69) is 154 Å². The van der Waals surface area contributed by atoms with Crippen molar-refractivity contribution in [3.05, 3.63) is 142 Å². The number of hydrazine groups is 1. The number of nitrogens with one attached hydrogen (secondary N) is 3. The lowest BCUT2D eigenvalue weighted by Crippen LogP contribution is -2.42. The molecule has 4 aromatic carbocycles. The number of hydrogen-bond acceptors (Lipinski definition) is 18. The van der Waals surface area contributed by atoms with E-state index in [4.69, 9.17) is 23.2 Å². The van der Waals surface area contributed by atoms with Crippen molar-refractivity contribution >= 4 is 116 Å². The molecular weight excluding hydrogens is 1290 g/mol. The minimum absolute atomic E-state index is 0. The molecule has 11 N–H and O–H groups in total. The molecule has 4 saturated heterocycles. The van der Waals surface area contributed by atoms with Gasteiger partial charge in [0.2, 0.25) is 0 Å². The Bertz CT molecular complexity index is 2640. The number of thiocyanates is 1. The van der Waals surface area contributed by atoms with Gasteiger partial charge in [-0.05, 0) is 81.3 Å². The van der Waals surface area contributed by atoms with E-state index in [0.29, 0.717) is 40.7 Å². The molecule has 4 aromatic rings. The second kappa shape index (κ2) is 43.9. The van der Waals surface area contributed by atoms with Gasteiger partial charge in [0.1, 0.15) is 5.40 Å². The number of amides is 4. The summed E-state index contributed by atoms with van der Waals surface area (Å²) in [5.74, 6) is 18.1. The summed E-state index contributed by atoms with van der Waals surface area (Å²) < 4.78 is 0. The highest BCUT2D eigenvalue weighted by Gasteiger charge is 2.36. The van der Waals surface area contributed by atoms with E-state index in [0.717, 1.165) is 74.7 Å². The van der Waals surface area contributed by atoms with Gasteiger partial charge in [-0.25, -0.2) is 0 Å². The Hall–Kier alpha value is -3.75. The maximum absolute atomic E-state index is 12.2. The van der Waals surface area contributed by atoms with Crippen LogP contribution in [0.5, 0.6) is 0 Å². The Morgan fingerprint density at radius 1 is 0.580 bits per heavy atom. The smallest absolute Gasteiger partial charge is 0.261 e. The molecule has 0 radical (unpaired) electrons. The average molecular weight is 1390 g/mol. The van der Waals surface area contributed by atoms with Crippen molar-refractivity contribution < 1.29 is 27.5 Å². The zero-order valence-electron chi connectivity index (χ0n) is 52.5. The number of imide groups is 2. The molecule has 0 bridgehead atoms. The van der Waals surface area contributed by atoms with Gasteiger partial charge < -0.3 is 32.1 Å². The minimum Gasteiger partial charge on any atom is -0.412 e. The molecule has 0 saturated carbocycles. The van der Waals surface area contributed by atoms with Crippen molar-refractivity contribution in [2.45, 2.75) is 64.7 Å². The zero-order valence-corrected chi connectivity index (χ0v) is 59.0. The van der Waals surface area contributed by atoms with Gasteiger partial charge in [-0.3, -0.25) is 50.5 Å². The number of nitrogens with zero attached hydrogens (tertiary/aromatic N) is 6. The summed E-state index contributed by atoms with van der Waals surface area (Å²) >= 11 is 17.9. The van der Waals surface area contributed by atoms with Gasteiger partial charge in [0.15, 0.2) is 5.11 Å². The van der Waals surface area contributed by atoms with Crippen LogP contribution >= 0.6 is 87.0 Å². The van der Waals surface area contributed by atoms with E-state index in [1.807, 2.05) is 47.0 Å². The summed E-state index contributed by atoms with van der Waals surface area (Å²) in [5, 5.41) is 21.7. The minimum atomic E-state index is -0.190. The monoisotopic (exact) mass is 1390 g/mol. The topological polar surface area (TPSA) is 254 Å². The fourth-order valence-electron chi connectivity index (χ4n) is 9.29. The van der Waals surface area contributed by atoms with Crippen LogP contribution in [0.1, 0.15) is 108 Å². The van der Waals surface area contributed by atoms with Gasteiger partial charge >= 0.3 is 0 Å². The Morgan fingerprint density at radius 2 is 0.955 bits per heavy atom. The van der Waals surface area contributed by atoms with Gasteiger partial charge in [-0.15, -0.1) is 0 Å². The van der Waals surface area contributed by atoms with Crippen LogP contribution in [0, 0.1) is 10.7 Å². The molecule has 4 fully saturated rings. The maximum atomic E-state index is 12.2. The SMILES string of the molecule is C1CSCCN1.CC(C)(C)c1ccc(CNC(=S)NCCN2CCSCC2)cc1.CC(C)(C)c1ccc(CSC#N)cc1.NCCN1CCSCC1.NN.O.O=C1c2ccccc2C(=O)N1CCBr.O=C1c2ccccc2C(=O)N1CCN1CCSCC1.[HH].[HH]. The number of hydrogen-bond donors (Lipinski definition) is 6. The highest BCUT2D eigenvalue weighted by Crippen LogP contribution is 2.26. The van der Waals surface area contributed by atoms with Gasteiger partial charge in [0.05, 0.1) is 22.3 Å². The molecule has 0 unspecified atom stereocenters. The van der Waals surface area contributed by atoms with Crippen LogP contribution in [-0.2, 0) is 23.1 Å². The number of fused-ring (bicyclic) bond motifs is 2. The molecule has 24 heteroatoms. The second-order valence-corrected chi connectivity index (χ2v) is 29.6. The van der Waals surface area contributed by atoms with E-state index < -0.39 is 0 Å². The van der Waals surface area contributed by atoms with Crippen molar-refractivity contribution in [1.29, 1.82) is 5.26 Å².